The molecule has 3 N–H and O–H groups in total. The maximum absolute atomic E-state index is 13.5. The molecular formula is C22H24ClN7O. The molecule has 0 spiro atoms. The molecule has 9 heteroatoms. The molecule has 160 valence electrons. The van der Waals surface area contributed by atoms with Crippen molar-refractivity contribution in [3.05, 3.63) is 39.9 Å². The van der Waals surface area contributed by atoms with Crippen molar-refractivity contribution in [1.82, 2.24) is 24.3 Å². The third kappa shape index (κ3) is 2.68. The van der Waals surface area contributed by atoms with Gasteiger partial charge in [-0.3, -0.25) is 14.0 Å². The van der Waals surface area contributed by atoms with Crippen LogP contribution in [0.4, 0.5) is 5.95 Å². The molecule has 4 aromatic rings. The minimum atomic E-state index is -0.0760. The van der Waals surface area contributed by atoms with E-state index in [1.54, 1.807) is 16.3 Å². The molecule has 0 aliphatic carbocycles. The summed E-state index contributed by atoms with van der Waals surface area (Å²) in [5, 5.41) is 6.41. The van der Waals surface area contributed by atoms with Crippen LogP contribution in [0.5, 0.6) is 0 Å². The Balaban J connectivity index is 1.52. The number of piperidine rings is 1. The first kappa shape index (κ1) is 18.9. The largest absolute Gasteiger partial charge is 0.345 e. The van der Waals surface area contributed by atoms with E-state index in [1.807, 2.05) is 31.6 Å². The molecule has 2 aliphatic rings. The van der Waals surface area contributed by atoms with E-state index >= 15 is 0 Å². The Bertz CT molecular complexity index is 1390. The number of halogens is 1. The first-order valence-corrected chi connectivity index (χ1v) is 11.0. The molecule has 0 saturated carbocycles. The topological polar surface area (TPSA) is 97.8 Å². The lowest BCUT2D eigenvalue weighted by molar-refractivity contribution is 0.405. The quantitative estimate of drug-likeness (QED) is 0.502. The van der Waals surface area contributed by atoms with Crippen LogP contribution in [0.15, 0.2) is 29.3 Å². The van der Waals surface area contributed by atoms with Crippen molar-refractivity contribution in [3.63, 3.8) is 0 Å². The van der Waals surface area contributed by atoms with Crippen LogP contribution in [0.25, 0.3) is 33.1 Å². The fourth-order valence-electron chi connectivity index (χ4n) is 5.53. The average molecular weight is 438 g/mol. The first-order valence-electron chi connectivity index (χ1n) is 10.7. The van der Waals surface area contributed by atoms with Gasteiger partial charge in [0.2, 0.25) is 5.95 Å². The van der Waals surface area contributed by atoms with E-state index in [0.717, 1.165) is 53.7 Å². The molecule has 8 nitrogen and oxygen atoms in total. The lowest BCUT2D eigenvalue weighted by Crippen LogP contribution is -2.49. The van der Waals surface area contributed by atoms with Gasteiger partial charge in [-0.05, 0) is 31.7 Å². The molecule has 3 atom stereocenters. The highest BCUT2D eigenvalue weighted by Crippen LogP contribution is 2.39. The Kier molecular flexibility index (Phi) is 4.01. The molecule has 3 aromatic heterocycles. The Hall–Kier alpha value is -2.84. The highest BCUT2D eigenvalue weighted by atomic mass is 35.5. The summed E-state index contributed by atoms with van der Waals surface area (Å²) in [7, 11) is 3.67. The van der Waals surface area contributed by atoms with Crippen molar-refractivity contribution < 1.29 is 0 Å². The smallest absolute Gasteiger partial charge is 0.264 e. The maximum Gasteiger partial charge on any atom is 0.264 e. The van der Waals surface area contributed by atoms with Gasteiger partial charge in [0.1, 0.15) is 5.65 Å². The molecule has 6 rings (SSSR count). The number of aryl methyl sites for hydroxylation is 1. The summed E-state index contributed by atoms with van der Waals surface area (Å²) in [5.41, 5.74) is 9.12. The normalized spacial score (nSPS) is 23.4. The van der Waals surface area contributed by atoms with Gasteiger partial charge in [0.05, 0.1) is 15.9 Å². The second-order valence-electron chi connectivity index (χ2n) is 8.89. The van der Waals surface area contributed by atoms with Crippen molar-refractivity contribution in [1.29, 1.82) is 0 Å². The summed E-state index contributed by atoms with van der Waals surface area (Å²) in [4.78, 5) is 24.0. The standard InChI is InChI=1S/C22H24ClN7O/c1-28-10-16-17(27-28)6-5-14(19(16)23)15-9-25-20-18(15)21(31)29(2)22(26-20)30-12-3-4-13(30)8-11(24)7-12/h5-6,9-13,25H,3-4,7-8,24H2,1-2H3/t11?,12-,13+. The van der Waals surface area contributed by atoms with Gasteiger partial charge in [0.15, 0.2) is 0 Å². The van der Waals surface area contributed by atoms with Crippen LogP contribution in [-0.4, -0.2) is 42.4 Å². The van der Waals surface area contributed by atoms with Crippen molar-refractivity contribution in [2.75, 3.05) is 4.90 Å². The van der Waals surface area contributed by atoms with Crippen LogP contribution in [0.3, 0.4) is 0 Å². The summed E-state index contributed by atoms with van der Waals surface area (Å²) < 4.78 is 3.42. The molecule has 2 fully saturated rings. The van der Waals surface area contributed by atoms with Gasteiger partial charge in [-0.25, -0.2) is 0 Å². The molecule has 1 aromatic carbocycles. The van der Waals surface area contributed by atoms with Gasteiger partial charge >= 0.3 is 0 Å². The van der Waals surface area contributed by atoms with E-state index in [-0.39, 0.29) is 11.6 Å². The Labute approximate surface area is 183 Å². The Morgan fingerprint density at radius 1 is 1.16 bits per heavy atom. The number of rotatable bonds is 2. The highest BCUT2D eigenvalue weighted by molar-refractivity contribution is 6.38. The minimum absolute atomic E-state index is 0.0760. The average Bonchev–Trinajstić information content (AvgIpc) is 3.39. The number of nitrogens with zero attached hydrogens (tertiary/aromatic N) is 5. The summed E-state index contributed by atoms with van der Waals surface area (Å²) in [6.45, 7) is 0. The van der Waals surface area contributed by atoms with Gasteiger partial charge < -0.3 is 15.6 Å². The fraction of sp³-hybridized carbons (Fsp3) is 0.409. The van der Waals surface area contributed by atoms with Crippen LogP contribution in [0.2, 0.25) is 5.02 Å². The third-order valence-electron chi connectivity index (χ3n) is 6.92. The van der Waals surface area contributed by atoms with Crippen LogP contribution in [0.1, 0.15) is 25.7 Å². The fourth-order valence-corrected chi connectivity index (χ4v) is 5.84. The van der Waals surface area contributed by atoms with Crippen molar-refractivity contribution in [2.24, 2.45) is 19.8 Å². The van der Waals surface area contributed by atoms with Gasteiger partial charge in [0.25, 0.3) is 5.56 Å². The molecule has 31 heavy (non-hydrogen) atoms. The lowest BCUT2D eigenvalue weighted by Gasteiger charge is -2.38. The molecule has 0 radical (unpaired) electrons. The zero-order chi connectivity index (χ0) is 21.4. The van der Waals surface area contributed by atoms with Gasteiger partial charge in [0, 0.05) is 61.1 Å². The van der Waals surface area contributed by atoms with Crippen molar-refractivity contribution in [3.8, 4) is 11.1 Å². The van der Waals surface area contributed by atoms with E-state index in [2.05, 4.69) is 15.0 Å². The number of aromatic amines is 1. The Morgan fingerprint density at radius 3 is 2.65 bits per heavy atom. The Morgan fingerprint density at radius 2 is 1.90 bits per heavy atom. The molecule has 0 amide bonds. The second-order valence-corrected chi connectivity index (χ2v) is 9.27. The molecular weight excluding hydrogens is 414 g/mol. The summed E-state index contributed by atoms with van der Waals surface area (Å²) in [6, 6.07) is 4.77. The number of nitrogens with two attached hydrogens (primary N) is 1. The molecule has 2 bridgehead atoms. The van der Waals surface area contributed by atoms with Crippen LogP contribution >= 0.6 is 11.6 Å². The number of fused-ring (bicyclic) bond motifs is 4. The predicted molar refractivity (Wildman–Crippen MR) is 123 cm³/mol. The number of hydrogen-bond donors (Lipinski definition) is 2. The monoisotopic (exact) mass is 437 g/mol. The summed E-state index contributed by atoms with van der Waals surface area (Å²) >= 11 is 6.74. The SMILES string of the molecule is Cn1cc2c(Cl)c(-c3c[nH]c4nc(N5[C@@H]6CC[C@H]5CC(N)C6)n(C)c(=O)c34)ccc2n1. The van der Waals surface area contributed by atoms with Crippen molar-refractivity contribution >= 4 is 39.5 Å². The zero-order valence-electron chi connectivity index (χ0n) is 17.5. The summed E-state index contributed by atoms with van der Waals surface area (Å²) in [5.74, 6) is 0.721. The number of aromatic nitrogens is 5. The van der Waals surface area contributed by atoms with E-state index in [4.69, 9.17) is 22.3 Å². The predicted octanol–water partition coefficient (Wildman–Crippen LogP) is 2.93. The lowest BCUT2D eigenvalue weighted by atomic mass is 9.98. The van der Waals surface area contributed by atoms with Gasteiger partial charge in [-0.15, -0.1) is 0 Å². The van der Waals surface area contributed by atoms with Gasteiger partial charge in [-0.1, -0.05) is 17.7 Å². The molecule has 2 saturated heterocycles. The second kappa shape index (κ2) is 6.58. The van der Waals surface area contributed by atoms with E-state index in [9.17, 15) is 4.79 Å². The first-order chi connectivity index (χ1) is 14.9. The minimum Gasteiger partial charge on any atom is -0.345 e. The van der Waals surface area contributed by atoms with Crippen molar-refractivity contribution in [2.45, 2.75) is 43.8 Å². The highest BCUT2D eigenvalue weighted by Gasteiger charge is 2.41. The molecule has 5 heterocycles. The van der Waals surface area contributed by atoms with E-state index in [1.165, 1.54) is 0 Å². The number of benzene rings is 1. The maximum atomic E-state index is 13.5. The number of anilines is 1. The van der Waals surface area contributed by atoms with Gasteiger partial charge in [-0.2, -0.15) is 10.1 Å². The number of hydrogen-bond acceptors (Lipinski definition) is 5. The van der Waals surface area contributed by atoms with E-state index in [0.29, 0.717) is 28.1 Å². The van der Waals surface area contributed by atoms with E-state index < -0.39 is 0 Å². The van der Waals surface area contributed by atoms with Crippen LogP contribution in [-0.2, 0) is 14.1 Å². The van der Waals surface area contributed by atoms with Crippen LogP contribution in [0, 0.1) is 0 Å². The molecule has 2 aliphatic heterocycles. The number of H-pyrrole nitrogens is 1. The summed E-state index contributed by atoms with van der Waals surface area (Å²) in [6.07, 6.45) is 7.81. The third-order valence-corrected chi connectivity index (χ3v) is 7.33. The molecule has 1 unspecified atom stereocenters. The van der Waals surface area contributed by atoms with Crippen LogP contribution < -0.4 is 16.2 Å². The number of nitrogens with one attached hydrogen (secondary N) is 1. The zero-order valence-corrected chi connectivity index (χ0v) is 18.2.